The molecule has 0 amide bonds. The molecule has 0 saturated carbocycles. The fourth-order valence-electron chi connectivity index (χ4n) is 2.23. The summed E-state index contributed by atoms with van der Waals surface area (Å²) in [6, 6.07) is 13.6. The van der Waals surface area contributed by atoms with Gasteiger partial charge in [0.1, 0.15) is 13.2 Å². The molecular formula is C16H15NO4. The van der Waals surface area contributed by atoms with Crippen LogP contribution in [0.1, 0.15) is 11.6 Å². The van der Waals surface area contributed by atoms with Crippen LogP contribution in [0.3, 0.4) is 0 Å². The van der Waals surface area contributed by atoms with Crippen molar-refractivity contribution >= 4 is 11.7 Å². The molecule has 3 rings (SSSR count). The quantitative estimate of drug-likeness (QED) is 0.904. The van der Waals surface area contributed by atoms with Crippen LogP contribution in [0, 0.1) is 0 Å². The first-order valence-electron chi connectivity index (χ1n) is 6.68. The van der Waals surface area contributed by atoms with E-state index in [0.717, 1.165) is 5.69 Å². The molecule has 0 bridgehead atoms. The van der Waals surface area contributed by atoms with Crippen LogP contribution in [-0.4, -0.2) is 24.3 Å². The normalized spacial score (nSPS) is 14.3. The van der Waals surface area contributed by atoms with Gasteiger partial charge in [0.2, 0.25) is 0 Å². The number of benzene rings is 2. The highest BCUT2D eigenvalue weighted by Gasteiger charge is 2.22. The van der Waals surface area contributed by atoms with Gasteiger partial charge in [0.25, 0.3) is 0 Å². The summed E-state index contributed by atoms with van der Waals surface area (Å²) in [5, 5.41) is 12.5. The van der Waals surface area contributed by atoms with Gasteiger partial charge in [-0.25, -0.2) is 4.79 Å². The molecule has 1 heterocycles. The summed E-state index contributed by atoms with van der Waals surface area (Å²) >= 11 is 0. The summed E-state index contributed by atoms with van der Waals surface area (Å²) in [4.78, 5) is 11.5. The van der Waals surface area contributed by atoms with Crippen LogP contribution in [0.25, 0.3) is 0 Å². The second kappa shape index (κ2) is 5.75. The highest BCUT2D eigenvalue weighted by molar-refractivity contribution is 5.79. The molecule has 21 heavy (non-hydrogen) atoms. The Hall–Kier alpha value is -2.69. The standard InChI is InChI=1S/C16H15NO4/c18-16(19)15(17-12-4-2-1-3-5-12)11-6-7-13-14(10-11)21-9-8-20-13/h1-7,10,15,17H,8-9H2,(H,18,19). The van der Waals surface area contributed by atoms with Crippen molar-refractivity contribution in [2.45, 2.75) is 6.04 Å². The lowest BCUT2D eigenvalue weighted by Crippen LogP contribution is -2.21. The van der Waals surface area contributed by atoms with E-state index < -0.39 is 12.0 Å². The number of nitrogens with one attached hydrogen (secondary N) is 1. The topological polar surface area (TPSA) is 67.8 Å². The fraction of sp³-hybridized carbons (Fsp3) is 0.188. The summed E-state index contributed by atoms with van der Waals surface area (Å²) in [6.07, 6.45) is 0. The first kappa shape index (κ1) is 13.3. The third kappa shape index (κ3) is 2.91. The minimum atomic E-state index is -0.949. The van der Waals surface area contributed by atoms with Crippen molar-refractivity contribution in [3.05, 3.63) is 54.1 Å². The maximum absolute atomic E-state index is 11.5. The van der Waals surface area contributed by atoms with E-state index in [0.29, 0.717) is 30.3 Å². The van der Waals surface area contributed by atoms with E-state index in [4.69, 9.17) is 9.47 Å². The molecule has 0 radical (unpaired) electrons. The van der Waals surface area contributed by atoms with E-state index in [1.807, 2.05) is 30.3 Å². The second-order valence-electron chi connectivity index (χ2n) is 4.68. The summed E-state index contributed by atoms with van der Waals surface area (Å²) in [5.41, 5.74) is 1.37. The number of ether oxygens (including phenoxy) is 2. The third-order valence-electron chi connectivity index (χ3n) is 3.23. The molecule has 5 heteroatoms. The van der Waals surface area contributed by atoms with Crippen molar-refractivity contribution in [3.8, 4) is 11.5 Å². The number of aliphatic carboxylic acids is 1. The van der Waals surface area contributed by atoms with Gasteiger partial charge < -0.3 is 19.9 Å². The second-order valence-corrected chi connectivity index (χ2v) is 4.68. The Balaban J connectivity index is 1.89. The smallest absolute Gasteiger partial charge is 0.330 e. The van der Waals surface area contributed by atoms with Crippen LogP contribution in [0.15, 0.2) is 48.5 Å². The summed E-state index contributed by atoms with van der Waals surface area (Å²) < 4.78 is 10.9. The molecule has 0 aliphatic carbocycles. The lowest BCUT2D eigenvalue weighted by molar-refractivity contribution is -0.138. The zero-order valence-corrected chi connectivity index (χ0v) is 11.3. The number of fused-ring (bicyclic) bond motifs is 1. The first-order chi connectivity index (χ1) is 10.2. The van der Waals surface area contributed by atoms with E-state index in [1.54, 1.807) is 18.2 Å². The number of para-hydroxylation sites is 1. The molecule has 108 valence electrons. The van der Waals surface area contributed by atoms with Crippen LogP contribution >= 0.6 is 0 Å². The minimum absolute atomic E-state index is 0.473. The number of rotatable bonds is 4. The Morgan fingerprint density at radius 3 is 2.48 bits per heavy atom. The predicted molar refractivity (Wildman–Crippen MR) is 77.9 cm³/mol. The number of hydrogen-bond acceptors (Lipinski definition) is 4. The average Bonchev–Trinajstić information content (AvgIpc) is 2.53. The van der Waals surface area contributed by atoms with E-state index in [1.165, 1.54) is 0 Å². The molecule has 0 aromatic heterocycles. The lowest BCUT2D eigenvalue weighted by atomic mass is 10.1. The van der Waals surface area contributed by atoms with Gasteiger partial charge in [-0.1, -0.05) is 24.3 Å². The van der Waals surface area contributed by atoms with Gasteiger partial charge in [0.05, 0.1) is 0 Å². The summed E-state index contributed by atoms with van der Waals surface area (Å²) in [5.74, 6) is 0.282. The molecule has 0 fully saturated rings. The highest BCUT2D eigenvalue weighted by atomic mass is 16.6. The number of carboxylic acid groups (broad SMARTS) is 1. The predicted octanol–water partition coefficient (Wildman–Crippen LogP) is 2.70. The number of carbonyl (C=O) groups is 1. The number of hydrogen-bond donors (Lipinski definition) is 2. The van der Waals surface area contributed by atoms with Crippen molar-refractivity contribution in [1.82, 2.24) is 0 Å². The summed E-state index contributed by atoms with van der Waals surface area (Å²) in [6.45, 7) is 0.983. The van der Waals surface area contributed by atoms with Gasteiger partial charge in [-0.2, -0.15) is 0 Å². The van der Waals surface area contributed by atoms with E-state index in [-0.39, 0.29) is 0 Å². The SMILES string of the molecule is O=C(O)C(Nc1ccccc1)c1ccc2c(c1)OCCO2. The molecule has 0 saturated heterocycles. The monoisotopic (exact) mass is 285 g/mol. The molecule has 2 aromatic carbocycles. The molecular weight excluding hydrogens is 270 g/mol. The van der Waals surface area contributed by atoms with Crippen molar-refractivity contribution in [2.24, 2.45) is 0 Å². The van der Waals surface area contributed by atoms with Gasteiger partial charge in [-0.05, 0) is 29.8 Å². The zero-order valence-electron chi connectivity index (χ0n) is 11.3. The number of anilines is 1. The molecule has 1 aliphatic rings. The molecule has 2 aromatic rings. The molecule has 1 aliphatic heterocycles. The van der Waals surface area contributed by atoms with E-state index in [2.05, 4.69) is 5.32 Å². The Morgan fingerprint density at radius 2 is 1.76 bits per heavy atom. The Kier molecular flexibility index (Phi) is 3.64. The van der Waals surface area contributed by atoms with Gasteiger partial charge in [0, 0.05) is 5.69 Å². The van der Waals surface area contributed by atoms with Crippen molar-refractivity contribution in [1.29, 1.82) is 0 Å². The van der Waals surface area contributed by atoms with Crippen LogP contribution < -0.4 is 14.8 Å². The Morgan fingerprint density at radius 1 is 1.05 bits per heavy atom. The van der Waals surface area contributed by atoms with Crippen LogP contribution in [0.2, 0.25) is 0 Å². The molecule has 5 nitrogen and oxygen atoms in total. The molecule has 0 spiro atoms. The van der Waals surface area contributed by atoms with Crippen LogP contribution in [-0.2, 0) is 4.79 Å². The zero-order chi connectivity index (χ0) is 14.7. The van der Waals surface area contributed by atoms with Gasteiger partial charge in [-0.3, -0.25) is 0 Å². The minimum Gasteiger partial charge on any atom is -0.486 e. The van der Waals surface area contributed by atoms with Crippen LogP contribution in [0.5, 0.6) is 11.5 Å². The number of carboxylic acids is 1. The molecule has 1 atom stereocenters. The van der Waals surface area contributed by atoms with Crippen molar-refractivity contribution < 1.29 is 19.4 Å². The highest BCUT2D eigenvalue weighted by Crippen LogP contribution is 2.33. The molecule has 2 N–H and O–H groups in total. The lowest BCUT2D eigenvalue weighted by Gasteiger charge is -2.21. The van der Waals surface area contributed by atoms with Crippen molar-refractivity contribution in [2.75, 3.05) is 18.5 Å². The van der Waals surface area contributed by atoms with E-state index >= 15 is 0 Å². The van der Waals surface area contributed by atoms with Crippen molar-refractivity contribution in [3.63, 3.8) is 0 Å². The molecule has 1 unspecified atom stereocenters. The fourth-order valence-corrected chi connectivity index (χ4v) is 2.23. The summed E-state index contributed by atoms with van der Waals surface area (Å²) in [7, 11) is 0. The van der Waals surface area contributed by atoms with Gasteiger partial charge in [-0.15, -0.1) is 0 Å². The van der Waals surface area contributed by atoms with E-state index in [9.17, 15) is 9.90 Å². The largest absolute Gasteiger partial charge is 0.486 e. The van der Waals surface area contributed by atoms with Crippen LogP contribution in [0.4, 0.5) is 5.69 Å². The van der Waals surface area contributed by atoms with Gasteiger partial charge >= 0.3 is 5.97 Å². The Labute approximate surface area is 122 Å². The maximum atomic E-state index is 11.5. The first-order valence-corrected chi connectivity index (χ1v) is 6.68. The third-order valence-corrected chi connectivity index (χ3v) is 3.23. The average molecular weight is 285 g/mol. The maximum Gasteiger partial charge on any atom is 0.330 e. The Bertz CT molecular complexity index is 642. The van der Waals surface area contributed by atoms with Gasteiger partial charge in [0.15, 0.2) is 17.5 Å².